The normalized spacial score (nSPS) is 10.4. The molecule has 1 amide bonds. The Bertz CT molecular complexity index is 604. The molecule has 0 radical (unpaired) electrons. The standard InChI is InChI=1S/C13H15N3O3/c1-15(2)12(17)8-19-13(18)7-16-9-14-10-5-3-4-6-11(10)16/h3-6,9H,7-8H2,1-2H3. The third kappa shape index (κ3) is 3.09. The Morgan fingerprint density at radius 1 is 1.32 bits per heavy atom. The van der Waals surface area contributed by atoms with E-state index in [1.807, 2.05) is 24.3 Å². The van der Waals surface area contributed by atoms with Crippen LogP contribution in [0.3, 0.4) is 0 Å². The van der Waals surface area contributed by atoms with Crippen LogP contribution in [-0.4, -0.2) is 47.0 Å². The van der Waals surface area contributed by atoms with Gasteiger partial charge in [0.05, 0.1) is 17.4 Å². The van der Waals surface area contributed by atoms with Crippen LogP contribution in [0.2, 0.25) is 0 Å². The predicted octanol–water partition coefficient (Wildman–Crippen LogP) is 0.668. The van der Waals surface area contributed by atoms with Crippen molar-refractivity contribution in [3.8, 4) is 0 Å². The molecule has 6 heteroatoms. The molecular formula is C13H15N3O3. The van der Waals surface area contributed by atoms with Crippen molar-refractivity contribution in [2.45, 2.75) is 6.54 Å². The fraction of sp³-hybridized carbons (Fsp3) is 0.308. The van der Waals surface area contributed by atoms with Gasteiger partial charge in [0.1, 0.15) is 6.54 Å². The molecule has 19 heavy (non-hydrogen) atoms. The summed E-state index contributed by atoms with van der Waals surface area (Å²) in [5, 5.41) is 0. The molecule has 0 aliphatic rings. The Hall–Kier alpha value is -2.37. The van der Waals surface area contributed by atoms with Crippen LogP contribution >= 0.6 is 0 Å². The van der Waals surface area contributed by atoms with Crippen molar-refractivity contribution in [2.24, 2.45) is 0 Å². The van der Waals surface area contributed by atoms with E-state index in [4.69, 9.17) is 4.74 Å². The van der Waals surface area contributed by atoms with Crippen LogP contribution in [0.25, 0.3) is 11.0 Å². The van der Waals surface area contributed by atoms with E-state index in [9.17, 15) is 9.59 Å². The number of para-hydroxylation sites is 2. The number of hydrogen-bond acceptors (Lipinski definition) is 4. The second-order valence-electron chi connectivity index (χ2n) is 4.31. The van der Waals surface area contributed by atoms with Crippen molar-refractivity contribution in [1.82, 2.24) is 14.5 Å². The molecule has 1 heterocycles. The summed E-state index contributed by atoms with van der Waals surface area (Å²) in [5.41, 5.74) is 1.68. The summed E-state index contributed by atoms with van der Waals surface area (Å²) in [4.78, 5) is 28.5. The third-order valence-electron chi connectivity index (χ3n) is 2.68. The molecule has 0 atom stereocenters. The number of nitrogens with zero attached hydrogens (tertiary/aromatic N) is 3. The molecule has 0 aliphatic heterocycles. The third-order valence-corrected chi connectivity index (χ3v) is 2.68. The summed E-state index contributed by atoms with van der Waals surface area (Å²) in [7, 11) is 3.22. The molecule has 0 saturated carbocycles. The van der Waals surface area contributed by atoms with Gasteiger partial charge in [-0.3, -0.25) is 9.59 Å². The molecular weight excluding hydrogens is 246 g/mol. The first-order valence-corrected chi connectivity index (χ1v) is 5.83. The van der Waals surface area contributed by atoms with Gasteiger partial charge in [-0.1, -0.05) is 12.1 Å². The first-order valence-electron chi connectivity index (χ1n) is 5.83. The molecule has 0 bridgehead atoms. The van der Waals surface area contributed by atoms with E-state index >= 15 is 0 Å². The molecule has 6 nitrogen and oxygen atoms in total. The van der Waals surface area contributed by atoms with Crippen molar-refractivity contribution >= 4 is 22.9 Å². The van der Waals surface area contributed by atoms with E-state index in [1.165, 1.54) is 4.90 Å². The molecule has 2 rings (SSSR count). The summed E-state index contributed by atoms with van der Waals surface area (Å²) in [6, 6.07) is 7.50. The van der Waals surface area contributed by atoms with Gasteiger partial charge in [-0.2, -0.15) is 0 Å². The van der Waals surface area contributed by atoms with Crippen LogP contribution in [-0.2, 0) is 20.9 Å². The van der Waals surface area contributed by atoms with Crippen molar-refractivity contribution in [2.75, 3.05) is 20.7 Å². The lowest BCUT2D eigenvalue weighted by Crippen LogP contribution is -2.28. The summed E-state index contributed by atoms with van der Waals surface area (Å²) < 4.78 is 6.60. The maximum atomic E-state index is 11.6. The van der Waals surface area contributed by atoms with Gasteiger partial charge >= 0.3 is 5.97 Å². The number of fused-ring (bicyclic) bond motifs is 1. The summed E-state index contributed by atoms with van der Waals surface area (Å²) in [6.45, 7) is -0.195. The number of aromatic nitrogens is 2. The number of likely N-dealkylation sites (N-methyl/N-ethyl adjacent to an activating group) is 1. The summed E-state index contributed by atoms with van der Waals surface area (Å²) in [6.07, 6.45) is 1.58. The van der Waals surface area contributed by atoms with Gasteiger partial charge in [0.25, 0.3) is 5.91 Å². The molecule has 0 spiro atoms. The van der Waals surface area contributed by atoms with Gasteiger partial charge in [0.15, 0.2) is 6.61 Å². The number of rotatable bonds is 4. The van der Waals surface area contributed by atoms with Crippen LogP contribution < -0.4 is 0 Å². The van der Waals surface area contributed by atoms with Crippen molar-refractivity contribution in [1.29, 1.82) is 0 Å². The van der Waals surface area contributed by atoms with E-state index in [1.54, 1.807) is 25.0 Å². The Morgan fingerprint density at radius 3 is 2.79 bits per heavy atom. The largest absolute Gasteiger partial charge is 0.454 e. The zero-order valence-electron chi connectivity index (χ0n) is 10.9. The molecule has 0 N–H and O–H groups in total. The van der Waals surface area contributed by atoms with Gasteiger partial charge in [-0.25, -0.2) is 4.98 Å². The van der Waals surface area contributed by atoms with Crippen LogP contribution in [0.5, 0.6) is 0 Å². The van der Waals surface area contributed by atoms with Crippen molar-refractivity contribution < 1.29 is 14.3 Å². The first kappa shape index (κ1) is 13.1. The minimum atomic E-state index is -0.460. The average Bonchev–Trinajstić information content (AvgIpc) is 2.79. The highest BCUT2D eigenvalue weighted by Gasteiger charge is 2.11. The first-order chi connectivity index (χ1) is 9.08. The van der Waals surface area contributed by atoms with Crippen LogP contribution in [0.1, 0.15) is 0 Å². The Labute approximate surface area is 110 Å². The highest BCUT2D eigenvalue weighted by atomic mass is 16.5. The summed E-state index contributed by atoms with van der Waals surface area (Å²) >= 11 is 0. The number of carbonyl (C=O) groups excluding carboxylic acids is 2. The average molecular weight is 261 g/mol. The molecule has 0 aliphatic carbocycles. The number of ether oxygens (including phenoxy) is 1. The lowest BCUT2D eigenvalue weighted by molar-refractivity contribution is -0.151. The summed E-state index contributed by atoms with van der Waals surface area (Å²) in [5.74, 6) is -0.706. The highest BCUT2D eigenvalue weighted by Crippen LogP contribution is 2.11. The number of esters is 1. The van der Waals surface area contributed by atoms with Gasteiger partial charge in [0, 0.05) is 14.1 Å². The minimum Gasteiger partial charge on any atom is -0.454 e. The maximum absolute atomic E-state index is 11.6. The molecule has 0 fully saturated rings. The van der Waals surface area contributed by atoms with E-state index in [0.29, 0.717) is 0 Å². The fourth-order valence-electron chi connectivity index (χ4n) is 1.59. The van der Waals surface area contributed by atoms with Gasteiger partial charge < -0.3 is 14.2 Å². The van der Waals surface area contributed by atoms with Crippen molar-refractivity contribution in [3.63, 3.8) is 0 Å². The van der Waals surface area contributed by atoms with Crippen molar-refractivity contribution in [3.05, 3.63) is 30.6 Å². The molecule has 2 aromatic rings. The smallest absolute Gasteiger partial charge is 0.326 e. The quantitative estimate of drug-likeness (QED) is 0.759. The molecule has 1 aromatic carbocycles. The number of imidazole rings is 1. The monoisotopic (exact) mass is 261 g/mol. The number of benzene rings is 1. The number of hydrogen-bond donors (Lipinski definition) is 0. The molecule has 0 unspecified atom stereocenters. The zero-order chi connectivity index (χ0) is 13.8. The van der Waals surface area contributed by atoms with Crippen LogP contribution in [0.4, 0.5) is 0 Å². The number of carbonyl (C=O) groups is 2. The molecule has 1 aromatic heterocycles. The predicted molar refractivity (Wildman–Crippen MR) is 69.4 cm³/mol. The zero-order valence-corrected chi connectivity index (χ0v) is 10.9. The maximum Gasteiger partial charge on any atom is 0.326 e. The molecule has 100 valence electrons. The topological polar surface area (TPSA) is 64.4 Å². The van der Waals surface area contributed by atoms with E-state index < -0.39 is 5.97 Å². The highest BCUT2D eigenvalue weighted by molar-refractivity contribution is 5.81. The minimum absolute atomic E-state index is 0.0429. The van der Waals surface area contributed by atoms with E-state index in [0.717, 1.165) is 11.0 Å². The van der Waals surface area contributed by atoms with Gasteiger partial charge in [0.2, 0.25) is 0 Å². The van der Waals surface area contributed by atoms with Gasteiger partial charge in [-0.05, 0) is 12.1 Å². The van der Waals surface area contributed by atoms with E-state index in [2.05, 4.69) is 4.98 Å². The fourth-order valence-corrected chi connectivity index (χ4v) is 1.59. The lowest BCUT2D eigenvalue weighted by atomic mass is 10.3. The second kappa shape index (κ2) is 5.51. The van der Waals surface area contributed by atoms with Gasteiger partial charge in [-0.15, -0.1) is 0 Å². The van der Waals surface area contributed by atoms with Crippen LogP contribution in [0, 0.1) is 0 Å². The van der Waals surface area contributed by atoms with Crippen LogP contribution in [0.15, 0.2) is 30.6 Å². The molecule has 0 saturated heterocycles. The Kier molecular flexibility index (Phi) is 3.79. The van der Waals surface area contributed by atoms with E-state index in [-0.39, 0.29) is 19.1 Å². The SMILES string of the molecule is CN(C)C(=O)COC(=O)Cn1cnc2ccccc21. The second-order valence-corrected chi connectivity index (χ2v) is 4.31. The lowest BCUT2D eigenvalue weighted by Gasteiger charge is -2.10. The Balaban J connectivity index is 1.97. The Morgan fingerprint density at radius 2 is 2.05 bits per heavy atom. The number of amides is 1.